The molecule has 0 aromatic heterocycles. The van der Waals surface area contributed by atoms with Crippen molar-refractivity contribution in [3.05, 3.63) is 23.8 Å². The molecule has 6 heteroatoms. The van der Waals surface area contributed by atoms with E-state index in [0.717, 1.165) is 19.3 Å². The van der Waals surface area contributed by atoms with Crippen LogP contribution in [-0.4, -0.2) is 45.1 Å². The summed E-state index contributed by atoms with van der Waals surface area (Å²) < 4.78 is 6.44. The van der Waals surface area contributed by atoms with Crippen molar-refractivity contribution in [2.45, 2.75) is 104 Å². The summed E-state index contributed by atoms with van der Waals surface area (Å²) in [5.41, 5.74) is -0.673. The van der Waals surface area contributed by atoms with Gasteiger partial charge in [-0.3, -0.25) is 9.59 Å². The first kappa shape index (κ1) is 25.6. The number of rotatable bonds is 10. The van der Waals surface area contributed by atoms with Crippen molar-refractivity contribution in [3.63, 3.8) is 0 Å². The molecule has 2 rings (SSSR count). The topological polar surface area (TPSA) is 104 Å². The summed E-state index contributed by atoms with van der Waals surface area (Å²) in [6, 6.07) is 0. The second-order valence-corrected chi connectivity index (χ2v) is 10.4. The molecule has 0 saturated carbocycles. The third-order valence-electron chi connectivity index (χ3n) is 7.34. The minimum atomic E-state index is -1.10. The first-order valence-corrected chi connectivity index (χ1v) is 11.6. The third kappa shape index (κ3) is 5.78. The average molecular weight is 437 g/mol. The summed E-state index contributed by atoms with van der Waals surface area (Å²) in [6.45, 7) is 9.91. The van der Waals surface area contributed by atoms with Gasteiger partial charge in [-0.15, -0.1) is 0 Å². The maximum absolute atomic E-state index is 13.2. The molecule has 0 amide bonds. The summed E-state index contributed by atoms with van der Waals surface area (Å²) in [6.07, 6.45) is 8.46. The number of carboxylic acids is 1. The second kappa shape index (κ2) is 9.86. The van der Waals surface area contributed by atoms with Crippen LogP contribution in [0.4, 0.5) is 0 Å². The largest absolute Gasteiger partial charge is 0.481 e. The van der Waals surface area contributed by atoms with Gasteiger partial charge in [0.15, 0.2) is 0 Å². The van der Waals surface area contributed by atoms with Crippen LogP contribution in [0.25, 0.3) is 0 Å². The lowest BCUT2D eigenvalue weighted by atomic mass is 9.57. The van der Waals surface area contributed by atoms with Gasteiger partial charge in [-0.1, -0.05) is 39.0 Å². The van der Waals surface area contributed by atoms with E-state index in [1.165, 1.54) is 5.57 Å². The highest BCUT2D eigenvalue weighted by atomic mass is 16.6. The van der Waals surface area contributed by atoms with E-state index in [2.05, 4.69) is 32.1 Å². The molecule has 0 aliphatic heterocycles. The lowest BCUT2D eigenvalue weighted by molar-refractivity contribution is -0.194. The number of hydrogen-bond acceptors (Lipinski definition) is 5. The zero-order valence-corrected chi connectivity index (χ0v) is 19.7. The average Bonchev–Trinajstić information content (AvgIpc) is 2.68. The molecule has 176 valence electrons. The maximum Gasteiger partial charge on any atom is 0.312 e. The van der Waals surface area contributed by atoms with Crippen molar-refractivity contribution >= 4 is 11.9 Å². The molecule has 0 bridgehead atoms. The molecule has 0 aromatic rings. The van der Waals surface area contributed by atoms with Crippen molar-refractivity contribution in [1.82, 2.24) is 0 Å². The van der Waals surface area contributed by atoms with E-state index in [-0.39, 0.29) is 18.3 Å². The normalized spacial score (nSPS) is 27.1. The number of allylic oxidation sites excluding steroid dienone is 2. The van der Waals surface area contributed by atoms with Gasteiger partial charge in [-0.2, -0.15) is 0 Å². The predicted molar refractivity (Wildman–Crippen MR) is 119 cm³/mol. The molecule has 2 aliphatic carbocycles. The molecule has 0 unspecified atom stereocenters. The molecule has 0 saturated heterocycles. The summed E-state index contributed by atoms with van der Waals surface area (Å²) >= 11 is 0. The number of aliphatic hydroxyl groups excluding tert-OH is 2. The fraction of sp³-hybridized carbons (Fsp3) is 0.760. The molecular weight excluding hydrogens is 396 g/mol. The molecule has 2 aliphatic rings. The van der Waals surface area contributed by atoms with Crippen LogP contribution in [0, 0.1) is 16.7 Å². The first-order valence-electron chi connectivity index (χ1n) is 11.6. The summed E-state index contributed by atoms with van der Waals surface area (Å²) in [7, 11) is 0. The number of hydrogen-bond donors (Lipinski definition) is 3. The van der Waals surface area contributed by atoms with Crippen LogP contribution in [0.15, 0.2) is 23.8 Å². The highest BCUT2D eigenvalue weighted by molar-refractivity contribution is 5.76. The molecule has 3 N–H and O–H groups in total. The van der Waals surface area contributed by atoms with Crippen LogP contribution in [0.3, 0.4) is 0 Å². The Balaban J connectivity index is 2.33. The lowest BCUT2D eigenvalue weighted by Crippen LogP contribution is -2.57. The Morgan fingerprint density at radius 1 is 1.26 bits per heavy atom. The van der Waals surface area contributed by atoms with Gasteiger partial charge in [0.1, 0.15) is 5.60 Å². The van der Waals surface area contributed by atoms with E-state index in [1.807, 2.05) is 20.8 Å². The quantitative estimate of drug-likeness (QED) is 0.439. The molecule has 0 radical (unpaired) electrons. The van der Waals surface area contributed by atoms with E-state index in [0.29, 0.717) is 19.3 Å². The zero-order valence-electron chi connectivity index (χ0n) is 19.7. The molecule has 6 nitrogen and oxygen atoms in total. The standard InChI is InChI=1S/C25H40O6/c1-6-23(2,3)22(30)31-25(14-12-18(26)15-19(27)16-21(28)29)20-10-8-7-9-17(20)11-13-24(25,4)5/h9,11,13,18-20,26-27H,6-8,10,12,14-16H2,1-5H3,(H,28,29)/t18-,19-,20-,25+/m1/s1. The Hall–Kier alpha value is -1.66. The van der Waals surface area contributed by atoms with Crippen molar-refractivity contribution in [2.75, 3.05) is 0 Å². The highest BCUT2D eigenvalue weighted by Gasteiger charge is 2.56. The highest BCUT2D eigenvalue weighted by Crippen LogP contribution is 2.54. The number of carboxylic acid groups (broad SMARTS) is 1. The summed E-state index contributed by atoms with van der Waals surface area (Å²) in [5, 5.41) is 29.3. The number of esters is 1. The van der Waals surface area contributed by atoms with Crippen LogP contribution < -0.4 is 0 Å². The molecule has 31 heavy (non-hydrogen) atoms. The van der Waals surface area contributed by atoms with Gasteiger partial charge in [0.25, 0.3) is 0 Å². The van der Waals surface area contributed by atoms with Gasteiger partial charge < -0.3 is 20.1 Å². The molecule has 0 fully saturated rings. The Morgan fingerprint density at radius 3 is 2.55 bits per heavy atom. The number of carbonyl (C=O) groups excluding carboxylic acids is 1. The van der Waals surface area contributed by atoms with Crippen molar-refractivity contribution in [1.29, 1.82) is 0 Å². The van der Waals surface area contributed by atoms with E-state index in [1.54, 1.807) is 0 Å². The molecule has 0 spiro atoms. The third-order valence-corrected chi connectivity index (χ3v) is 7.34. The van der Waals surface area contributed by atoms with E-state index < -0.39 is 41.0 Å². The van der Waals surface area contributed by atoms with Gasteiger partial charge in [0.05, 0.1) is 24.0 Å². The lowest BCUT2D eigenvalue weighted by Gasteiger charge is -2.54. The van der Waals surface area contributed by atoms with Crippen molar-refractivity contribution in [2.24, 2.45) is 16.7 Å². The number of ether oxygens (including phenoxy) is 1. The molecule has 4 atom stereocenters. The zero-order chi connectivity index (χ0) is 23.4. The van der Waals surface area contributed by atoms with Crippen LogP contribution in [0.1, 0.15) is 86.0 Å². The summed E-state index contributed by atoms with van der Waals surface area (Å²) in [4.78, 5) is 24.1. The Morgan fingerprint density at radius 2 is 1.94 bits per heavy atom. The van der Waals surface area contributed by atoms with Gasteiger partial charge in [-0.05, 0) is 64.4 Å². The van der Waals surface area contributed by atoms with Gasteiger partial charge in [0.2, 0.25) is 0 Å². The number of fused-ring (bicyclic) bond motifs is 1. The molecule has 0 aromatic carbocycles. The van der Waals surface area contributed by atoms with E-state index >= 15 is 0 Å². The fourth-order valence-electron chi connectivity index (χ4n) is 4.78. The van der Waals surface area contributed by atoms with Gasteiger partial charge in [-0.25, -0.2) is 0 Å². The number of aliphatic carboxylic acids is 1. The van der Waals surface area contributed by atoms with E-state index in [4.69, 9.17) is 9.84 Å². The van der Waals surface area contributed by atoms with Crippen LogP contribution in [0.5, 0.6) is 0 Å². The van der Waals surface area contributed by atoms with Crippen LogP contribution in [-0.2, 0) is 14.3 Å². The van der Waals surface area contributed by atoms with Crippen molar-refractivity contribution < 1.29 is 29.6 Å². The van der Waals surface area contributed by atoms with Crippen LogP contribution >= 0.6 is 0 Å². The molecular formula is C25H40O6. The monoisotopic (exact) mass is 436 g/mol. The Labute approximate surface area is 186 Å². The Kier molecular flexibility index (Phi) is 8.15. The van der Waals surface area contributed by atoms with E-state index in [9.17, 15) is 19.8 Å². The minimum Gasteiger partial charge on any atom is -0.481 e. The first-order chi connectivity index (χ1) is 14.3. The Bertz CT molecular complexity index is 720. The number of carbonyl (C=O) groups is 2. The van der Waals surface area contributed by atoms with Gasteiger partial charge in [0, 0.05) is 11.3 Å². The van der Waals surface area contributed by atoms with Crippen LogP contribution in [0.2, 0.25) is 0 Å². The SMILES string of the molecule is CCC(C)(C)C(=O)O[C@@]1(CC[C@@H](O)C[C@@H](O)CC(=O)O)[C@@H]2CCCC=C2C=CC1(C)C. The smallest absolute Gasteiger partial charge is 0.312 e. The number of aliphatic hydroxyl groups is 2. The fourth-order valence-corrected chi connectivity index (χ4v) is 4.78. The second-order valence-electron chi connectivity index (χ2n) is 10.4. The molecule has 0 heterocycles. The minimum absolute atomic E-state index is 0.0135. The van der Waals surface area contributed by atoms with Crippen molar-refractivity contribution in [3.8, 4) is 0 Å². The maximum atomic E-state index is 13.2. The van der Waals surface area contributed by atoms with Gasteiger partial charge >= 0.3 is 11.9 Å². The summed E-state index contributed by atoms with van der Waals surface area (Å²) in [5.74, 6) is -1.28. The predicted octanol–water partition coefficient (Wildman–Crippen LogP) is 4.39.